The molecule has 1 amide bonds. The molecule has 2 aliphatic heterocycles. The van der Waals surface area contributed by atoms with E-state index in [0.29, 0.717) is 37.2 Å². The standard InChI is InChI=1S/C17H18N2O3S2/c20-16-2-1-13-9-15(10-14-4-7-19(16)17(13)14)24(21,22)18-6-3-12-5-8-23-11-12/h5,8-11,18H,1-4,6-7H2. The van der Waals surface area contributed by atoms with Crippen molar-refractivity contribution in [1.29, 1.82) is 0 Å². The zero-order valence-corrected chi connectivity index (χ0v) is 14.8. The van der Waals surface area contributed by atoms with Crippen LogP contribution in [0.4, 0.5) is 5.69 Å². The number of thiophene rings is 1. The molecule has 0 bridgehead atoms. The van der Waals surface area contributed by atoms with Crippen molar-refractivity contribution in [2.75, 3.05) is 18.0 Å². The van der Waals surface area contributed by atoms with Crippen LogP contribution in [0.15, 0.2) is 33.9 Å². The number of carbonyl (C=O) groups excluding carboxylic acids is 1. The maximum absolute atomic E-state index is 12.6. The van der Waals surface area contributed by atoms with E-state index in [0.717, 1.165) is 28.8 Å². The lowest BCUT2D eigenvalue weighted by Gasteiger charge is -2.25. The monoisotopic (exact) mass is 362 g/mol. The number of rotatable bonds is 5. The zero-order chi connectivity index (χ0) is 16.7. The number of nitrogens with one attached hydrogen (secondary N) is 1. The summed E-state index contributed by atoms with van der Waals surface area (Å²) >= 11 is 1.61. The highest BCUT2D eigenvalue weighted by Gasteiger charge is 2.32. The summed E-state index contributed by atoms with van der Waals surface area (Å²) in [6.45, 7) is 1.05. The summed E-state index contributed by atoms with van der Waals surface area (Å²) in [5.74, 6) is 0.144. The topological polar surface area (TPSA) is 66.5 Å². The third-order valence-electron chi connectivity index (χ3n) is 4.62. The van der Waals surface area contributed by atoms with Gasteiger partial charge in [-0.15, -0.1) is 0 Å². The molecular formula is C17H18N2O3S2. The van der Waals surface area contributed by atoms with Crippen LogP contribution in [0, 0.1) is 0 Å². The predicted molar refractivity (Wildman–Crippen MR) is 94.0 cm³/mol. The van der Waals surface area contributed by atoms with Crippen LogP contribution in [0.25, 0.3) is 0 Å². The SMILES string of the molecule is O=C1CCc2cc(S(=O)(=O)NCCc3ccsc3)cc3c2N1CC3. The predicted octanol–water partition coefficient (Wildman–Crippen LogP) is 2.10. The van der Waals surface area contributed by atoms with E-state index < -0.39 is 10.0 Å². The molecule has 1 aromatic heterocycles. The van der Waals surface area contributed by atoms with Gasteiger partial charge in [-0.3, -0.25) is 4.79 Å². The molecule has 0 unspecified atom stereocenters. The van der Waals surface area contributed by atoms with Gasteiger partial charge >= 0.3 is 0 Å². The van der Waals surface area contributed by atoms with Gasteiger partial charge in [0.2, 0.25) is 15.9 Å². The first-order valence-electron chi connectivity index (χ1n) is 8.01. The fraction of sp³-hybridized carbons (Fsp3) is 0.353. The Kier molecular flexibility index (Phi) is 3.94. The van der Waals surface area contributed by atoms with E-state index in [1.165, 1.54) is 0 Å². The quantitative estimate of drug-likeness (QED) is 0.886. The number of aryl methyl sites for hydroxylation is 1. The lowest BCUT2D eigenvalue weighted by atomic mass is 10.00. The van der Waals surface area contributed by atoms with Crippen LogP contribution in [-0.2, 0) is 34.1 Å². The van der Waals surface area contributed by atoms with Crippen LogP contribution in [-0.4, -0.2) is 27.4 Å². The van der Waals surface area contributed by atoms with Crippen molar-refractivity contribution in [1.82, 2.24) is 4.72 Å². The van der Waals surface area contributed by atoms with Crippen molar-refractivity contribution in [2.24, 2.45) is 0 Å². The lowest BCUT2D eigenvalue weighted by Crippen LogP contribution is -2.33. The van der Waals surface area contributed by atoms with Crippen LogP contribution in [0.5, 0.6) is 0 Å². The summed E-state index contributed by atoms with van der Waals surface area (Å²) < 4.78 is 27.9. The minimum absolute atomic E-state index is 0.144. The van der Waals surface area contributed by atoms with Crippen molar-refractivity contribution in [3.8, 4) is 0 Å². The van der Waals surface area contributed by atoms with Crippen molar-refractivity contribution in [2.45, 2.75) is 30.6 Å². The van der Waals surface area contributed by atoms with Gasteiger partial charge in [-0.1, -0.05) is 0 Å². The number of amides is 1. The molecule has 0 saturated heterocycles. The number of benzene rings is 1. The van der Waals surface area contributed by atoms with Crippen LogP contribution in [0.2, 0.25) is 0 Å². The van der Waals surface area contributed by atoms with Gasteiger partial charge in [-0.05, 0) is 64.9 Å². The van der Waals surface area contributed by atoms with Gasteiger partial charge in [0, 0.05) is 19.5 Å². The highest BCUT2D eigenvalue weighted by molar-refractivity contribution is 7.89. The normalized spacial score (nSPS) is 16.5. The first-order valence-corrected chi connectivity index (χ1v) is 10.4. The van der Waals surface area contributed by atoms with Gasteiger partial charge < -0.3 is 4.90 Å². The maximum atomic E-state index is 12.6. The Morgan fingerprint density at radius 3 is 2.71 bits per heavy atom. The van der Waals surface area contributed by atoms with Crippen LogP contribution in [0.1, 0.15) is 23.1 Å². The van der Waals surface area contributed by atoms with Crippen molar-refractivity contribution in [3.63, 3.8) is 0 Å². The number of anilines is 1. The fourth-order valence-corrected chi connectivity index (χ4v) is 5.26. The first kappa shape index (κ1) is 15.8. The Hall–Kier alpha value is -1.70. The van der Waals surface area contributed by atoms with Crippen molar-refractivity contribution < 1.29 is 13.2 Å². The van der Waals surface area contributed by atoms with Crippen LogP contribution >= 0.6 is 11.3 Å². The number of sulfonamides is 1. The number of carbonyl (C=O) groups is 1. The molecular weight excluding hydrogens is 344 g/mol. The minimum Gasteiger partial charge on any atom is -0.312 e. The highest BCUT2D eigenvalue weighted by atomic mass is 32.2. The summed E-state index contributed by atoms with van der Waals surface area (Å²) in [5, 5.41) is 4.02. The summed E-state index contributed by atoms with van der Waals surface area (Å²) in [5.41, 5.74) is 4.03. The van der Waals surface area contributed by atoms with Gasteiger partial charge in [0.1, 0.15) is 0 Å². The molecule has 0 saturated carbocycles. The second-order valence-corrected chi connectivity index (χ2v) is 8.71. The van der Waals surface area contributed by atoms with Crippen molar-refractivity contribution in [3.05, 3.63) is 45.6 Å². The Labute approximate surface area is 145 Å². The molecule has 2 aromatic rings. The first-order chi connectivity index (χ1) is 11.5. The van der Waals surface area contributed by atoms with E-state index in [4.69, 9.17) is 0 Å². The molecule has 5 nitrogen and oxygen atoms in total. The second-order valence-electron chi connectivity index (χ2n) is 6.16. The average Bonchev–Trinajstić information content (AvgIpc) is 3.21. The third-order valence-corrected chi connectivity index (χ3v) is 6.79. The maximum Gasteiger partial charge on any atom is 0.240 e. The van der Waals surface area contributed by atoms with Gasteiger partial charge in [-0.2, -0.15) is 11.3 Å². The van der Waals surface area contributed by atoms with Gasteiger partial charge in [0.15, 0.2) is 0 Å². The Balaban J connectivity index is 1.57. The van der Waals surface area contributed by atoms with E-state index in [1.807, 2.05) is 16.8 Å². The summed E-state index contributed by atoms with van der Waals surface area (Å²) in [6.07, 6.45) is 2.49. The van der Waals surface area contributed by atoms with E-state index in [1.54, 1.807) is 28.4 Å². The molecule has 2 aliphatic rings. The summed E-state index contributed by atoms with van der Waals surface area (Å²) in [4.78, 5) is 14.1. The number of nitrogens with zero attached hydrogens (tertiary/aromatic N) is 1. The van der Waals surface area contributed by atoms with Gasteiger partial charge in [0.25, 0.3) is 0 Å². The molecule has 0 aliphatic carbocycles. The molecule has 0 atom stereocenters. The van der Waals surface area contributed by atoms with E-state index >= 15 is 0 Å². The zero-order valence-electron chi connectivity index (χ0n) is 13.1. The molecule has 0 radical (unpaired) electrons. The molecule has 4 rings (SSSR count). The minimum atomic E-state index is -3.52. The van der Waals surface area contributed by atoms with Crippen LogP contribution < -0.4 is 9.62 Å². The van der Waals surface area contributed by atoms with E-state index in [2.05, 4.69) is 4.72 Å². The van der Waals surface area contributed by atoms with E-state index in [-0.39, 0.29) is 5.91 Å². The number of hydrogen-bond acceptors (Lipinski definition) is 4. The van der Waals surface area contributed by atoms with Gasteiger partial charge in [-0.25, -0.2) is 13.1 Å². The Morgan fingerprint density at radius 2 is 1.96 bits per heavy atom. The molecule has 1 aromatic carbocycles. The molecule has 1 N–H and O–H groups in total. The summed E-state index contributed by atoms with van der Waals surface area (Å²) in [7, 11) is -3.52. The molecule has 24 heavy (non-hydrogen) atoms. The highest BCUT2D eigenvalue weighted by Crippen LogP contribution is 2.38. The van der Waals surface area contributed by atoms with Crippen molar-refractivity contribution >= 4 is 33.0 Å². The molecule has 126 valence electrons. The smallest absolute Gasteiger partial charge is 0.240 e. The Bertz CT molecular complexity index is 889. The largest absolute Gasteiger partial charge is 0.312 e. The second kappa shape index (κ2) is 5.98. The van der Waals surface area contributed by atoms with E-state index in [9.17, 15) is 13.2 Å². The molecule has 0 fully saturated rings. The summed E-state index contributed by atoms with van der Waals surface area (Å²) in [6, 6.07) is 5.46. The lowest BCUT2D eigenvalue weighted by molar-refractivity contribution is -0.118. The average molecular weight is 362 g/mol. The molecule has 7 heteroatoms. The third kappa shape index (κ3) is 2.76. The fourth-order valence-electron chi connectivity index (χ4n) is 3.43. The number of hydrogen-bond donors (Lipinski definition) is 1. The van der Waals surface area contributed by atoms with Crippen LogP contribution in [0.3, 0.4) is 0 Å². The molecule has 0 spiro atoms. The molecule has 3 heterocycles. The van der Waals surface area contributed by atoms with Gasteiger partial charge in [0.05, 0.1) is 10.6 Å². The Morgan fingerprint density at radius 1 is 1.17 bits per heavy atom.